The van der Waals surface area contributed by atoms with Crippen LogP contribution < -0.4 is 11.1 Å². The Hall–Kier alpha value is -1.07. The third-order valence-corrected chi connectivity index (χ3v) is 5.58. The van der Waals surface area contributed by atoms with E-state index in [2.05, 4.69) is 42.6 Å². The molecule has 0 aliphatic heterocycles. The van der Waals surface area contributed by atoms with E-state index in [1.165, 1.54) is 17.6 Å². The fraction of sp³-hybridized carbons (Fsp3) is 0.550. The third-order valence-electron chi connectivity index (χ3n) is 5.58. The van der Waals surface area contributed by atoms with Crippen LogP contribution in [0.3, 0.4) is 0 Å². The van der Waals surface area contributed by atoms with Gasteiger partial charge in [0.1, 0.15) is 5.54 Å². The van der Waals surface area contributed by atoms with Crippen molar-refractivity contribution < 1.29 is 9.90 Å². The van der Waals surface area contributed by atoms with Gasteiger partial charge in [-0.2, -0.15) is 0 Å². The molecule has 0 radical (unpaired) electrons. The summed E-state index contributed by atoms with van der Waals surface area (Å²) in [5.74, 6) is -0.233. The molecule has 2 aliphatic rings. The largest absolute Gasteiger partial charge is 0.480 e. The van der Waals surface area contributed by atoms with Crippen LogP contribution >= 0.6 is 24.8 Å². The van der Waals surface area contributed by atoms with Crippen LogP contribution in [0.25, 0.3) is 6.08 Å². The normalized spacial score (nSPS) is 30.7. The van der Waals surface area contributed by atoms with Crippen LogP contribution in [0.5, 0.6) is 0 Å². The minimum absolute atomic E-state index is 0. The summed E-state index contributed by atoms with van der Waals surface area (Å²) >= 11 is 0. The number of nitrogens with one attached hydrogen (secondary N) is 1. The second kappa shape index (κ2) is 9.75. The number of carbonyl (C=O) groups is 1. The highest BCUT2D eigenvalue weighted by molar-refractivity contribution is 5.85. The highest BCUT2D eigenvalue weighted by atomic mass is 35.5. The summed E-state index contributed by atoms with van der Waals surface area (Å²) in [5, 5.41) is 12.9. The molecule has 2 unspecified atom stereocenters. The van der Waals surface area contributed by atoms with Gasteiger partial charge in [-0.3, -0.25) is 4.79 Å². The Morgan fingerprint density at radius 2 is 1.88 bits per heavy atom. The van der Waals surface area contributed by atoms with Crippen molar-refractivity contribution in [1.29, 1.82) is 0 Å². The first-order valence-corrected chi connectivity index (χ1v) is 9.05. The summed E-state index contributed by atoms with van der Waals surface area (Å²) in [5.41, 5.74) is 7.72. The molecule has 0 heterocycles. The van der Waals surface area contributed by atoms with Crippen molar-refractivity contribution in [2.45, 2.75) is 63.1 Å². The number of carboxylic acid groups (broad SMARTS) is 1. The molecule has 6 heteroatoms. The Morgan fingerprint density at radius 1 is 1.27 bits per heavy atom. The lowest BCUT2D eigenvalue weighted by Gasteiger charge is -2.34. The number of carboxylic acids is 1. The molecule has 2 fully saturated rings. The van der Waals surface area contributed by atoms with E-state index in [0.29, 0.717) is 30.8 Å². The quantitative estimate of drug-likeness (QED) is 0.673. The van der Waals surface area contributed by atoms with E-state index < -0.39 is 11.5 Å². The van der Waals surface area contributed by atoms with Gasteiger partial charge in [0.25, 0.3) is 0 Å². The molecular weight excluding hydrogens is 371 g/mol. The summed E-state index contributed by atoms with van der Waals surface area (Å²) in [7, 11) is 0. The number of benzene rings is 1. The lowest BCUT2D eigenvalue weighted by atomic mass is 9.80. The molecule has 2 aliphatic carbocycles. The van der Waals surface area contributed by atoms with E-state index >= 15 is 0 Å². The van der Waals surface area contributed by atoms with Crippen LogP contribution in [0.1, 0.15) is 51.0 Å². The molecule has 2 atom stereocenters. The maximum absolute atomic E-state index is 11.2. The average Bonchev–Trinajstić information content (AvgIpc) is 3.34. The van der Waals surface area contributed by atoms with Crippen LogP contribution in [-0.4, -0.2) is 28.7 Å². The molecule has 26 heavy (non-hydrogen) atoms. The van der Waals surface area contributed by atoms with E-state index in [9.17, 15) is 9.90 Å². The molecule has 4 nitrogen and oxygen atoms in total. The topological polar surface area (TPSA) is 75.3 Å². The lowest BCUT2D eigenvalue weighted by Crippen LogP contribution is -2.53. The number of nitrogens with two attached hydrogens (primary N) is 1. The Balaban J connectivity index is 0.00000169. The van der Waals surface area contributed by atoms with Crippen LogP contribution in [0.2, 0.25) is 0 Å². The first-order valence-electron chi connectivity index (χ1n) is 9.05. The molecule has 2 saturated carbocycles. The van der Waals surface area contributed by atoms with Crippen molar-refractivity contribution in [1.82, 2.24) is 5.32 Å². The number of aliphatic carboxylic acids is 1. The van der Waals surface area contributed by atoms with Gasteiger partial charge >= 0.3 is 5.97 Å². The smallest absolute Gasteiger partial charge is 0.323 e. The zero-order valence-corrected chi connectivity index (χ0v) is 16.8. The van der Waals surface area contributed by atoms with Crippen molar-refractivity contribution in [3.63, 3.8) is 0 Å². The van der Waals surface area contributed by atoms with E-state index in [1.807, 2.05) is 6.07 Å². The zero-order chi connectivity index (χ0) is 17.2. The van der Waals surface area contributed by atoms with Gasteiger partial charge in [-0.05, 0) is 50.0 Å². The predicted octanol–water partition coefficient (Wildman–Crippen LogP) is 4.03. The number of hydrogen-bond acceptors (Lipinski definition) is 3. The summed E-state index contributed by atoms with van der Waals surface area (Å²) in [6, 6.07) is 11.4. The van der Waals surface area contributed by atoms with Crippen LogP contribution in [0.4, 0.5) is 0 Å². The Morgan fingerprint density at radius 3 is 2.42 bits per heavy atom. The molecular formula is C20H30Cl2N2O2. The van der Waals surface area contributed by atoms with Crippen molar-refractivity contribution in [2.24, 2.45) is 11.7 Å². The maximum Gasteiger partial charge on any atom is 0.323 e. The van der Waals surface area contributed by atoms with Gasteiger partial charge in [-0.15, -0.1) is 24.8 Å². The van der Waals surface area contributed by atoms with E-state index in [-0.39, 0.29) is 24.8 Å². The average molecular weight is 401 g/mol. The standard InChI is InChI=1S/C20H28N2O2.2ClH/c1-2-15(12-14-6-4-3-5-7-14)17-13-18(17)22-16-8-10-20(21,11-9-16)19(23)24;;/h3-7,12,16-18,22H,2,8-11,13,21H2,1H3,(H,23,24);2*1H/b15-12+;;. The summed E-state index contributed by atoms with van der Waals surface area (Å²) in [6.45, 7) is 2.22. The van der Waals surface area contributed by atoms with E-state index in [4.69, 9.17) is 5.73 Å². The molecule has 0 bridgehead atoms. The molecule has 146 valence electrons. The molecule has 0 spiro atoms. The zero-order valence-electron chi connectivity index (χ0n) is 15.2. The van der Waals surface area contributed by atoms with Gasteiger partial charge in [0.05, 0.1) is 0 Å². The number of hydrogen-bond donors (Lipinski definition) is 3. The fourth-order valence-corrected chi connectivity index (χ4v) is 3.84. The highest BCUT2D eigenvalue weighted by Crippen LogP contribution is 2.41. The van der Waals surface area contributed by atoms with Crippen LogP contribution in [-0.2, 0) is 4.79 Å². The maximum atomic E-state index is 11.2. The molecule has 0 saturated heterocycles. The van der Waals surface area contributed by atoms with Crippen molar-refractivity contribution in [2.75, 3.05) is 0 Å². The van der Waals surface area contributed by atoms with Crippen LogP contribution in [0, 0.1) is 5.92 Å². The molecule has 1 aromatic rings. The molecule has 4 N–H and O–H groups in total. The van der Waals surface area contributed by atoms with Crippen LogP contribution in [0.15, 0.2) is 35.9 Å². The minimum atomic E-state index is -1.01. The van der Waals surface area contributed by atoms with Gasteiger partial charge < -0.3 is 16.2 Å². The Kier molecular flexibility index (Phi) is 8.61. The first kappa shape index (κ1) is 23.0. The van der Waals surface area contributed by atoms with Gasteiger partial charge in [0.15, 0.2) is 0 Å². The van der Waals surface area contributed by atoms with Gasteiger partial charge in [0.2, 0.25) is 0 Å². The van der Waals surface area contributed by atoms with E-state index in [0.717, 1.165) is 19.3 Å². The van der Waals surface area contributed by atoms with Gasteiger partial charge in [0, 0.05) is 12.1 Å². The second-order valence-corrected chi connectivity index (χ2v) is 7.33. The predicted molar refractivity (Wildman–Crippen MR) is 111 cm³/mol. The van der Waals surface area contributed by atoms with Crippen molar-refractivity contribution in [3.05, 3.63) is 41.5 Å². The first-order chi connectivity index (χ1) is 11.5. The fourth-order valence-electron chi connectivity index (χ4n) is 3.84. The van der Waals surface area contributed by atoms with Crippen molar-refractivity contribution >= 4 is 36.9 Å². The molecule has 1 aromatic carbocycles. The van der Waals surface area contributed by atoms with Crippen molar-refractivity contribution in [3.8, 4) is 0 Å². The van der Waals surface area contributed by atoms with Gasteiger partial charge in [-0.25, -0.2) is 0 Å². The highest BCUT2D eigenvalue weighted by Gasteiger charge is 2.43. The second-order valence-electron chi connectivity index (χ2n) is 7.33. The molecule has 0 aromatic heterocycles. The summed E-state index contributed by atoms with van der Waals surface area (Å²) < 4.78 is 0. The summed E-state index contributed by atoms with van der Waals surface area (Å²) in [4.78, 5) is 11.2. The van der Waals surface area contributed by atoms with E-state index in [1.54, 1.807) is 0 Å². The third kappa shape index (κ3) is 5.46. The lowest BCUT2D eigenvalue weighted by molar-refractivity contribution is -0.144. The Bertz CT molecular complexity index is 613. The minimum Gasteiger partial charge on any atom is -0.480 e. The number of halogens is 2. The summed E-state index contributed by atoms with van der Waals surface area (Å²) in [6.07, 6.45) is 7.44. The van der Waals surface area contributed by atoms with Gasteiger partial charge in [-0.1, -0.05) is 48.9 Å². The SMILES string of the molecule is CC/C(=C\c1ccccc1)C1CC1NC1CCC(N)(C(=O)O)CC1.Cl.Cl. The Labute approximate surface area is 168 Å². The monoisotopic (exact) mass is 400 g/mol. The number of rotatable bonds is 6. The molecule has 3 rings (SSSR count). The molecule has 0 amide bonds.